The lowest BCUT2D eigenvalue weighted by molar-refractivity contribution is -0.150. The number of carbonyl (C=O) groups is 3. The smallest absolute Gasteiger partial charge is 0.352 e. The first kappa shape index (κ1) is 16.9. The maximum absolute atomic E-state index is 12.3. The summed E-state index contributed by atoms with van der Waals surface area (Å²) in [6, 6.07) is 8.52. The van der Waals surface area contributed by atoms with Crippen LogP contribution in [0.5, 0.6) is 0 Å². The number of thioether (sulfide) groups is 1. The molecule has 1 fully saturated rings. The molecule has 24 heavy (non-hydrogen) atoms. The fourth-order valence-corrected chi connectivity index (χ4v) is 4.47. The van der Waals surface area contributed by atoms with Crippen molar-refractivity contribution in [3.05, 3.63) is 47.2 Å². The van der Waals surface area contributed by atoms with Gasteiger partial charge in [0.2, 0.25) is 5.91 Å². The number of amides is 2. The average Bonchev–Trinajstić information content (AvgIpc) is 2.58. The number of fused-ring (bicyclic) bond motifs is 1. The third-order valence-corrected chi connectivity index (χ3v) is 5.60. The van der Waals surface area contributed by atoms with Crippen LogP contribution in [0.15, 0.2) is 41.6 Å². The zero-order chi connectivity index (χ0) is 17.3. The number of benzene rings is 1. The van der Waals surface area contributed by atoms with Gasteiger partial charge in [0.15, 0.2) is 0 Å². The normalized spacial score (nSPS) is 22.7. The van der Waals surface area contributed by atoms with Gasteiger partial charge in [-0.25, -0.2) is 4.79 Å². The van der Waals surface area contributed by atoms with E-state index in [0.717, 1.165) is 5.56 Å². The largest absolute Gasteiger partial charge is 0.477 e. The Hall–Kier alpha value is -1.99. The van der Waals surface area contributed by atoms with Crippen LogP contribution in [0, 0.1) is 0 Å². The maximum atomic E-state index is 12.3. The van der Waals surface area contributed by atoms with Crippen LogP contribution >= 0.6 is 23.4 Å². The third kappa shape index (κ3) is 3.01. The lowest BCUT2D eigenvalue weighted by atomic mass is 10.0. The number of β-lactam (4-membered cyclic amide) rings is 1. The predicted octanol–water partition coefficient (Wildman–Crippen LogP) is 1.21. The lowest BCUT2D eigenvalue weighted by Gasteiger charge is -2.49. The van der Waals surface area contributed by atoms with Crippen molar-refractivity contribution in [2.45, 2.75) is 17.8 Å². The average molecular weight is 367 g/mol. The molecule has 6 nitrogen and oxygen atoms in total. The van der Waals surface area contributed by atoms with Crippen LogP contribution in [0.3, 0.4) is 0 Å². The Bertz CT molecular complexity index is 722. The molecule has 0 aliphatic carbocycles. The number of carboxylic acid groups (broad SMARTS) is 1. The number of carboxylic acids is 1. The van der Waals surface area contributed by atoms with Crippen LogP contribution in [0.25, 0.3) is 0 Å². The highest BCUT2D eigenvalue weighted by Crippen LogP contribution is 2.40. The lowest BCUT2D eigenvalue weighted by Crippen LogP contribution is -2.70. The van der Waals surface area contributed by atoms with E-state index in [2.05, 4.69) is 5.32 Å². The summed E-state index contributed by atoms with van der Waals surface area (Å²) >= 11 is 7.18. The molecule has 2 N–H and O–H groups in total. The van der Waals surface area contributed by atoms with Gasteiger partial charge in [-0.2, -0.15) is 0 Å². The Balaban J connectivity index is 1.69. The van der Waals surface area contributed by atoms with Crippen molar-refractivity contribution >= 4 is 41.1 Å². The molecule has 0 radical (unpaired) electrons. The van der Waals surface area contributed by atoms with E-state index in [0.29, 0.717) is 11.3 Å². The van der Waals surface area contributed by atoms with Gasteiger partial charge in [-0.1, -0.05) is 30.3 Å². The summed E-state index contributed by atoms with van der Waals surface area (Å²) in [5.41, 5.74) is 1.32. The van der Waals surface area contributed by atoms with E-state index in [1.807, 2.05) is 30.3 Å². The number of alkyl halides is 1. The number of rotatable bonds is 5. The molecular weight excluding hydrogens is 352 g/mol. The quantitative estimate of drug-likeness (QED) is 0.604. The summed E-state index contributed by atoms with van der Waals surface area (Å²) in [5.74, 6) is -1.34. The Morgan fingerprint density at radius 3 is 2.67 bits per heavy atom. The summed E-state index contributed by atoms with van der Waals surface area (Å²) < 4.78 is 0. The van der Waals surface area contributed by atoms with E-state index in [9.17, 15) is 19.5 Å². The Labute approximate surface area is 147 Å². The highest BCUT2D eigenvalue weighted by molar-refractivity contribution is 8.00. The molecule has 2 atom stereocenters. The van der Waals surface area contributed by atoms with Crippen LogP contribution in [-0.2, 0) is 20.8 Å². The summed E-state index contributed by atoms with van der Waals surface area (Å²) in [6.07, 6.45) is 0.177. The van der Waals surface area contributed by atoms with Crippen molar-refractivity contribution in [2.24, 2.45) is 0 Å². The fraction of sp³-hybridized carbons (Fsp3) is 0.312. The Morgan fingerprint density at radius 2 is 2.04 bits per heavy atom. The van der Waals surface area contributed by atoms with Gasteiger partial charge in [0.1, 0.15) is 17.1 Å². The Morgan fingerprint density at radius 1 is 1.33 bits per heavy atom. The molecule has 2 aliphatic heterocycles. The van der Waals surface area contributed by atoms with Crippen LogP contribution < -0.4 is 5.32 Å². The molecule has 0 bridgehead atoms. The van der Waals surface area contributed by atoms with Crippen molar-refractivity contribution in [3.8, 4) is 0 Å². The zero-order valence-corrected chi connectivity index (χ0v) is 14.1. The van der Waals surface area contributed by atoms with Crippen LogP contribution in [0.1, 0.15) is 5.56 Å². The van der Waals surface area contributed by atoms with Gasteiger partial charge in [0.25, 0.3) is 5.91 Å². The summed E-state index contributed by atoms with van der Waals surface area (Å²) in [4.78, 5) is 37.1. The first-order valence-corrected chi connectivity index (χ1v) is 8.90. The van der Waals surface area contributed by atoms with Gasteiger partial charge in [0, 0.05) is 11.6 Å². The van der Waals surface area contributed by atoms with Crippen molar-refractivity contribution in [2.75, 3.05) is 11.6 Å². The zero-order valence-electron chi connectivity index (χ0n) is 12.6. The predicted molar refractivity (Wildman–Crippen MR) is 90.6 cm³/mol. The molecule has 1 saturated heterocycles. The molecule has 1 unspecified atom stereocenters. The van der Waals surface area contributed by atoms with Gasteiger partial charge in [-0.05, 0) is 11.1 Å². The number of halogens is 1. The monoisotopic (exact) mass is 366 g/mol. The van der Waals surface area contributed by atoms with E-state index < -0.39 is 23.3 Å². The standard InChI is InChI=1S/C16H15ClN2O4S/c17-7-10-8-24-15-12(14(21)19(15)13(10)16(22)23)18-11(20)6-9-4-2-1-3-5-9/h1-5,12,15H,6-8H2,(H,18,20)(H,22,23)/t12?,15-/m1/s1. The number of hydrogen-bond acceptors (Lipinski definition) is 4. The van der Waals surface area contributed by atoms with Gasteiger partial charge in [0.05, 0.1) is 6.42 Å². The van der Waals surface area contributed by atoms with E-state index >= 15 is 0 Å². The van der Waals surface area contributed by atoms with Gasteiger partial charge in [-0.15, -0.1) is 23.4 Å². The molecule has 8 heteroatoms. The van der Waals surface area contributed by atoms with E-state index in [4.69, 9.17) is 11.6 Å². The summed E-state index contributed by atoms with van der Waals surface area (Å²) in [6.45, 7) is 0. The number of nitrogens with one attached hydrogen (secondary N) is 1. The minimum atomic E-state index is -1.17. The van der Waals surface area contributed by atoms with Gasteiger partial charge in [-0.3, -0.25) is 14.5 Å². The molecule has 2 heterocycles. The van der Waals surface area contributed by atoms with Crippen molar-refractivity contribution in [1.82, 2.24) is 10.2 Å². The highest BCUT2D eigenvalue weighted by atomic mass is 35.5. The van der Waals surface area contributed by atoms with Crippen LogP contribution in [0.4, 0.5) is 0 Å². The van der Waals surface area contributed by atoms with Crippen LogP contribution in [0.2, 0.25) is 0 Å². The van der Waals surface area contributed by atoms with Crippen molar-refractivity contribution in [1.29, 1.82) is 0 Å². The van der Waals surface area contributed by atoms with E-state index in [-0.39, 0.29) is 23.9 Å². The Kier molecular flexibility index (Phi) is 4.82. The second-order valence-corrected chi connectivity index (χ2v) is 6.88. The molecule has 0 spiro atoms. The molecule has 1 aromatic carbocycles. The minimum Gasteiger partial charge on any atom is -0.477 e. The van der Waals surface area contributed by atoms with Gasteiger partial charge >= 0.3 is 5.97 Å². The summed E-state index contributed by atoms with van der Waals surface area (Å²) in [7, 11) is 0. The molecule has 0 aromatic heterocycles. The highest BCUT2D eigenvalue weighted by Gasteiger charge is 2.53. The van der Waals surface area contributed by atoms with Crippen molar-refractivity contribution < 1.29 is 19.5 Å². The second kappa shape index (κ2) is 6.86. The van der Waals surface area contributed by atoms with E-state index in [1.54, 1.807) is 0 Å². The van der Waals surface area contributed by atoms with E-state index in [1.165, 1.54) is 16.7 Å². The number of aliphatic carboxylic acids is 1. The third-order valence-electron chi connectivity index (χ3n) is 3.94. The molecular formula is C16H15ClN2O4S. The van der Waals surface area contributed by atoms with Crippen molar-refractivity contribution in [3.63, 3.8) is 0 Å². The molecule has 2 aliphatic rings. The molecule has 0 saturated carbocycles. The van der Waals surface area contributed by atoms with Gasteiger partial charge < -0.3 is 10.4 Å². The topological polar surface area (TPSA) is 86.7 Å². The summed E-state index contributed by atoms with van der Waals surface area (Å²) in [5, 5.41) is 11.6. The number of hydrogen-bond donors (Lipinski definition) is 2. The minimum absolute atomic E-state index is 0.0488. The van der Waals surface area contributed by atoms with Crippen LogP contribution in [-0.4, -0.2) is 50.8 Å². The fourth-order valence-electron chi connectivity index (χ4n) is 2.79. The SMILES string of the molecule is O=C(Cc1ccccc1)NC1C(=O)N2C(C(=O)O)=C(CCl)CS[C@H]12. The number of carbonyl (C=O) groups excluding carboxylic acids is 2. The molecule has 1 aromatic rings. The second-order valence-electron chi connectivity index (χ2n) is 5.51. The molecule has 126 valence electrons. The molecule has 3 rings (SSSR count). The number of nitrogens with zero attached hydrogens (tertiary/aromatic N) is 1. The molecule has 2 amide bonds. The first-order chi connectivity index (χ1) is 11.5. The first-order valence-electron chi connectivity index (χ1n) is 7.32. The maximum Gasteiger partial charge on any atom is 0.352 e.